The molecule has 1 aromatic heterocycles. The summed E-state index contributed by atoms with van der Waals surface area (Å²) in [4.78, 5) is 18.8. The van der Waals surface area contributed by atoms with Gasteiger partial charge in [-0.3, -0.25) is 9.69 Å². The lowest BCUT2D eigenvalue weighted by Crippen LogP contribution is -2.32. The first-order valence-electron chi connectivity index (χ1n) is 10.5. The van der Waals surface area contributed by atoms with Crippen LogP contribution in [-0.4, -0.2) is 35.0 Å². The van der Waals surface area contributed by atoms with Crippen molar-refractivity contribution in [3.63, 3.8) is 0 Å². The number of aromatic nitrogens is 1. The van der Waals surface area contributed by atoms with Crippen molar-refractivity contribution in [1.29, 1.82) is 0 Å². The number of halogens is 1. The van der Waals surface area contributed by atoms with Gasteiger partial charge in [-0.25, -0.2) is 9.37 Å². The number of nitrogens with zero attached hydrogens (tertiary/aromatic N) is 2. The number of ether oxygens (including phenoxy) is 1. The number of hydrogen-bond acceptors (Lipinski definition) is 5. The first-order chi connectivity index (χ1) is 15.2. The molecule has 0 unspecified atom stereocenters. The molecule has 7 heteroatoms. The van der Waals surface area contributed by atoms with Crippen LogP contribution in [0.4, 0.5) is 4.39 Å². The first-order valence-corrected chi connectivity index (χ1v) is 10.5. The molecule has 4 rings (SSSR count). The van der Waals surface area contributed by atoms with Gasteiger partial charge in [0.1, 0.15) is 12.1 Å². The monoisotopic (exact) mass is 423 g/mol. The van der Waals surface area contributed by atoms with Gasteiger partial charge in [0.05, 0.1) is 12.6 Å². The Labute approximate surface area is 181 Å². The van der Waals surface area contributed by atoms with Crippen molar-refractivity contribution in [2.24, 2.45) is 0 Å². The Kier molecular flexibility index (Phi) is 7.07. The van der Waals surface area contributed by atoms with Crippen LogP contribution in [0.1, 0.15) is 40.3 Å². The fraction of sp³-hybridized carbons (Fsp3) is 0.333. The van der Waals surface area contributed by atoms with Crippen LogP contribution in [-0.2, 0) is 24.4 Å². The van der Waals surface area contributed by atoms with Gasteiger partial charge in [-0.2, -0.15) is 0 Å². The van der Waals surface area contributed by atoms with Crippen LogP contribution < -0.4 is 5.32 Å². The van der Waals surface area contributed by atoms with Gasteiger partial charge in [-0.15, -0.1) is 0 Å². The van der Waals surface area contributed by atoms with E-state index in [0.717, 1.165) is 30.6 Å². The third-order valence-electron chi connectivity index (χ3n) is 5.20. The van der Waals surface area contributed by atoms with Gasteiger partial charge in [-0.05, 0) is 36.1 Å². The van der Waals surface area contributed by atoms with Crippen LogP contribution in [0.5, 0.6) is 0 Å². The van der Waals surface area contributed by atoms with E-state index in [1.165, 1.54) is 18.4 Å². The molecule has 162 valence electrons. The van der Waals surface area contributed by atoms with Gasteiger partial charge in [0.2, 0.25) is 5.89 Å². The second-order valence-corrected chi connectivity index (χ2v) is 7.73. The van der Waals surface area contributed by atoms with Crippen LogP contribution in [0, 0.1) is 5.82 Å². The molecule has 1 fully saturated rings. The average Bonchev–Trinajstić information content (AvgIpc) is 3.45. The molecule has 1 aliphatic rings. The van der Waals surface area contributed by atoms with Crippen molar-refractivity contribution in [1.82, 2.24) is 15.2 Å². The third-order valence-corrected chi connectivity index (χ3v) is 5.20. The van der Waals surface area contributed by atoms with E-state index < -0.39 is 0 Å². The lowest BCUT2D eigenvalue weighted by molar-refractivity contribution is 0.0853. The Bertz CT molecular complexity index is 986. The van der Waals surface area contributed by atoms with Crippen molar-refractivity contribution in [2.45, 2.75) is 38.6 Å². The number of carbonyl (C=O) groups is 1. The average molecular weight is 423 g/mol. The summed E-state index contributed by atoms with van der Waals surface area (Å²) in [5, 5.41) is 2.85. The molecule has 1 atom stereocenters. The quantitative estimate of drug-likeness (QED) is 0.565. The number of oxazole rings is 1. The molecule has 0 aliphatic carbocycles. The number of nitrogens with one attached hydrogen (secondary N) is 1. The predicted molar refractivity (Wildman–Crippen MR) is 114 cm³/mol. The Hall–Kier alpha value is -3.03. The number of amides is 1. The first kappa shape index (κ1) is 21.2. The van der Waals surface area contributed by atoms with E-state index in [9.17, 15) is 9.18 Å². The van der Waals surface area contributed by atoms with E-state index in [4.69, 9.17) is 9.15 Å². The Morgan fingerprint density at radius 1 is 1.10 bits per heavy atom. The molecule has 1 N–H and O–H groups in total. The normalized spacial score (nSPS) is 16.0. The standard InChI is InChI=1S/C24H26FN3O3/c25-20-9-4-8-19(12-20)15-28(14-18-6-2-1-3-7-18)16-23-27-22(17-31-23)24(29)26-13-21-10-5-11-30-21/h1-4,6-9,12,17,21H,5,10-11,13-16H2,(H,26,29)/t21-/m1/s1. The van der Waals surface area contributed by atoms with Gasteiger partial charge in [0, 0.05) is 26.2 Å². The van der Waals surface area contributed by atoms with Gasteiger partial charge < -0.3 is 14.5 Å². The van der Waals surface area contributed by atoms with Crippen LogP contribution in [0.3, 0.4) is 0 Å². The number of hydrogen-bond donors (Lipinski definition) is 1. The summed E-state index contributed by atoms with van der Waals surface area (Å²) in [6.45, 7) is 2.78. The fourth-order valence-corrected chi connectivity index (χ4v) is 3.68. The maximum absolute atomic E-state index is 13.6. The number of carbonyl (C=O) groups excluding carboxylic acids is 1. The molecule has 0 saturated carbocycles. The summed E-state index contributed by atoms with van der Waals surface area (Å²) in [7, 11) is 0. The minimum atomic E-state index is -0.273. The zero-order valence-electron chi connectivity index (χ0n) is 17.3. The molecule has 31 heavy (non-hydrogen) atoms. The lowest BCUT2D eigenvalue weighted by Gasteiger charge is -2.21. The smallest absolute Gasteiger partial charge is 0.273 e. The summed E-state index contributed by atoms with van der Waals surface area (Å²) in [6, 6.07) is 16.6. The van der Waals surface area contributed by atoms with Gasteiger partial charge >= 0.3 is 0 Å². The molecule has 2 aromatic carbocycles. The lowest BCUT2D eigenvalue weighted by atomic mass is 10.1. The van der Waals surface area contributed by atoms with Crippen molar-refractivity contribution in [2.75, 3.05) is 13.2 Å². The number of rotatable bonds is 9. The Morgan fingerprint density at radius 2 is 1.90 bits per heavy atom. The highest BCUT2D eigenvalue weighted by atomic mass is 19.1. The van der Waals surface area contributed by atoms with E-state index in [1.807, 2.05) is 36.4 Å². The molecule has 1 saturated heterocycles. The highest BCUT2D eigenvalue weighted by Crippen LogP contribution is 2.15. The second kappa shape index (κ2) is 10.3. The molecule has 1 amide bonds. The van der Waals surface area contributed by atoms with Crippen molar-refractivity contribution >= 4 is 5.91 Å². The van der Waals surface area contributed by atoms with Crippen molar-refractivity contribution in [3.05, 3.63) is 89.4 Å². The Morgan fingerprint density at radius 3 is 2.68 bits per heavy atom. The SMILES string of the molecule is O=C(NC[C@H]1CCCO1)c1coc(CN(Cc2ccccc2)Cc2cccc(F)c2)n1. The van der Waals surface area contributed by atoms with Gasteiger partial charge in [0.15, 0.2) is 5.69 Å². The third kappa shape index (κ3) is 6.23. The second-order valence-electron chi connectivity index (χ2n) is 7.73. The topological polar surface area (TPSA) is 67.6 Å². The minimum Gasteiger partial charge on any atom is -0.447 e. The summed E-state index contributed by atoms with van der Waals surface area (Å²) in [5.74, 6) is -0.0988. The summed E-state index contributed by atoms with van der Waals surface area (Å²) in [5.41, 5.74) is 2.23. The molecular weight excluding hydrogens is 397 g/mol. The van der Waals surface area contributed by atoms with Crippen LogP contribution in [0.25, 0.3) is 0 Å². The van der Waals surface area contributed by atoms with Crippen LogP contribution in [0.15, 0.2) is 65.3 Å². The highest BCUT2D eigenvalue weighted by molar-refractivity contribution is 5.91. The molecule has 0 bridgehead atoms. The Balaban J connectivity index is 1.41. The van der Waals surface area contributed by atoms with Crippen LogP contribution >= 0.6 is 0 Å². The molecule has 1 aliphatic heterocycles. The zero-order chi connectivity index (χ0) is 21.5. The minimum absolute atomic E-state index is 0.0722. The molecule has 6 nitrogen and oxygen atoms in total. The molecular formula is C24H26FN3O3. The summed E-state index contributed by atoms with van der Waals surface area (Å²) < 4.78 is 24.7. The highest BCUT2D eigenvalue weighted by Gasteiger charge is 2.19. The van der Waals surface area contributed by atoms with Gasteiger partial charge in [-0.1, -0.05) is 42.5 Å². The largest absolute Gasteiger partial charge is 0.447 e. The zero-order valence-corrected chi connectivity index (χ0v) is 17.3. The molecule has 2 heterocycles. The summed E-state index contributed by atoms with van der Waals surface area (Å²) in [6.07, 6.45) is 3.43. The molecule has 3 aromatic rings. The van der Waals surface area contributed by atoms with Crippen molar-refractivity contribution < 1.29 is 18.3 Å². The maximum atomic E-state index is 13.6. The van der Waals surface area contributed by atoms with E-state index in [2.05, 4.69) is 15.2 Å². The van der Waals surface area contributed by atoms with Crippen molar-refractivity contribution in [3.8, 4) is 0 Å². The van der Waals surface area contributed by atoms with Crippen LogP contribution in [0.2, 0.25) is 0 Å². The van der Waals surface area contributed by atoms with E-state index in [0.29, 0.717) is 32.1 Å². The number of benzene rings is 2. The van der Waals surface area contributed by atoms with E-state index in [1.54, 1.807) is 6.07 Å². The molecule has 0 spiro atoms. The fourth-order valence-electron chi connectivity index (χ4n) is 3.68. The predicted octanol–water partition coefficient (Wildman–Crippen LogP) is 3.92. The van der Waals surface area contributed by atoms with E-state index >= 15 is 0 Å². The van der Waals surface area contributed by atoms with Gasteiger partial charge in [0.25, 0.3) is 5.91 Å². The summed E-state index contributed by atoms with van der Waals surface area (Å²) >= 11 is 0. The van der Waals surface area contributed by atoms with E-state index in [-0.39, 0.29) is 23.5 Å². The maximum Gasteiger partial charge on any atom is 0.273 e. The molecule has 0 radical (unpaired) electrons.